The SMILES string of the molecule is Cc1c(N)cccc1S(=O)(=O)NC(C)Cc1ccccc1. The predicted octanol–water partition coefficient (Wildman–Crippen LogP) is 2.49. The van der Waals surface area contributed by atoms with Crippen molar-refractivity contribution < 1.29 is 8.42 Å². The minimum Gasteiger partial charge on any atom is -0.398 e. The number of nitrogens with two attached hydrogens (primary N) is 1. The molecule has 1 atom stereocenters. The quantitative estimate of drug-likeness (QED) is 0.834. The van der Waals surface area contributed by atoms with Gasteiger partial charge in [0.05, 0.1) is 4.90 Å². The Labute approximate surface area is 126 Å². The summed E-state index contributed by atoms with van der Waals surface area (Å²) in [5.41, 5.74) is 7.93. The highest BCUT2D eigenvalue weighted by Crippen LogP contribution is 2.20. The molecule has 112 valence electrons. The number of nitrogens with one attached hydrogen (secondary N) is 1. The maximum atomic E-state index is 12.4. The Bertz CT molecular complexity index is 712. The van der Waals surface area contributed by atoms with Crippen LogP contribution in [0.15, 0.2) is 53.4 Å². The van der Waals surface area contributed by atoms with Gasteiger partial charge in [-0.15, -0.1) is 0 Å². The third kappa shape index (κ3) is 3.83. The van der Waals surface area contributed by atoms with Crippen LogP contribution in [0.2, 0.25) is 0 Å². The van der Waals surface area contributed by atoms with Crippen LogP contribution in [0, 0.1) is 6.92 Å². The average Bonchev–Trinajstić information content (AvgIpc) is 2.42. The molecule has 3 N–H and O–H groups in total. The number of nitrogen functional groups attached to an aromatic ring is 1. The summed E-state index contributed by atoms with van der Waals surface area (Å²) in [6, 6.07) is 14.5. The van der Waals surface area contributed by atoms with Gasteiger partial charge in [-0.1, -0.05) is 36.4 Å². The molecule has 2 aromatic carbocycles. The number of hydrogen-bond donors (Lipinski definition) is 2. The largest absolute Gasteiger partial charge is 0.398 e. The van der Waals surface area contributed by atoms with E-state index < -0.39 is 10.0 Å². The molecule has 0 saturated heterocycles. The Morgan fingerprint density at radius 3 is 2.43 bits per heavy atom. The molecule has 0 aliphatic rings. The lowest BCUT2D eigenvalue weighted by Gasteiger charge is -2.16. The molecule has 0 fully saturated rings. The second kappa shape index (κ2) is 6.28. The molecule has 0 aromatic heterocycles. The summed E-state index contributed by atoms with van der Waals surface area (Å²) < 4.78 is 27.6. The fraction of sp³-hybridized carbons (Fsp3) is 0.250. The van der Waals surface area contributed by atoms with Crippen molar-refractivity contribution in [3.05, 3.63) is 59.7 Å². The highest BCUT2D eigenvalue weighted by atomic mass is 32.2. The van der Waals surface area contributed by atoms with Gasteiger partial charge < -0.3 is 5.73 Å². The van der Waals surface area contributed by atoms with Crippen molar-refractivity contribution in [1.29, 1.82) is 0 Å². The Morgan fingerprint density at radius 2 is 1.76 bits per heavy atom. The smallest absolute Gasteiger partial charge is 0.241 e. The minimum atomic E-state index is -3.56. The molecule has 0 aliphatic carbocycles. The first-order valence-corrected chi connectivity index (χ1v) is 8.30. The minimum absolute atomic E-state index is 0.196. The second-order valence-corrected chi connectivity index (χ2v) is 6.86. The first-order valence-electron chi connectivity index (χ1n) is 6.81. The van der Waals surface area contributed by atoms with Crippen molar-refractivity contribution in [1.82, 2.24) is 4.72 Å². The summed E-state index contributed by atoms with van der Waals surface area (Å²) in [4.78, 5) is 0.238. The summed E-state index contributed by atoms with van der Waals surface area (Å²) >= 11 is 0. The van der Waals surface area contributed by atoms with E-state index in [2.05, 4.69) is 4.72 Å². The first kappa shape index (κ1) is 15.5. The van der Waals surface area contributed by atoms with E-state index in [0.717, 1.165) is 5.56 Å². The molecule has 0 saturated carbocycles. The molecule has 1 unspecified atom stereocenters. The van der Waals surface area contributed by atoms with Crippen molar-refractivity contribution in [3.63, 3.8) is 0 Å². The molecule has 0 aliphatic heterocycles. The molecule has 5 heteroatoms. The maximum absolute atomic E-state index is 12.4. The number of hydrogen-bond acceptors (Lipinski definition) is 3. The van der Waals surface area contributed by atoms with E-state index in [0.29, 0.717) is 17.7 Å². The van der Waals surface area contributed by atoms with Crippen LogP contribution in [-0.2, 0) is 16.4 Å². The van der Waals surface area contributed by atoms with Crippen LogP contribution in [0.1, 0.15) is 18.1 Å². The van der Waals surface area contributed by atoms with Gasteiger partial charge >= 0.3 is 0 Å². The van der Waals surface area contributed by atoms with Gasteiger partial charge in [0.2, 0.25) is 10.0 Å². The molecule has 4 nitrogen and oxygen atoms in total. The maximum Gasteiger partial charge on any atom is 0.241 e. The van der Waals surface area contributed by atoms with Crippen LogP contribution >= 0.6 is 0 Å². The van der Waals surface area contributed by atoms with Gasteiger partial charge in [-0.2, -0.15) is 0 Å². The van der Waals surface area contributed by atoms with Crippen LogP contribution in [0.5, 0.6) is 0 Å². The molecule has 2 rings (SSSR count). The number of anilines is 1. The van der Waals surface area contributed by atoms with Gasteiger partial charge in [0.1, 0.15) is 0 Å². The molecule has 2 aromatic rings. The molecule has 21 heavy (non-hydrogen) atoms. The molecule has 0 radical (unpaired) electrons. The zero-order chi connectivity index (χ0) is 15.5. The fourth-order valence-corrected chi connectivity index (χ4v) is 3.78. The standard InChI is InChI=1S/C16H20N2O2S/c1-12(11-14-7-4-3-5-8-14)18-21(19,20)16-10-6-9-15(17)13(16)2/h3-10,12,18H,11,17H2,1-2H3. The van der Waals surface area contributed by atoms with E-state index >= 15 is 0 Å². The third-order valence-electron chi connectivity index (χ3n) is 3.36. The van der Waals surface area contributed by atoms with Crippen LogP contribution in [0.4, 0.5) is 5.69 Å². The average molecular weight is 304 g/mol. The molecule has 0 heterocycles. The molecule has 0 bridgehead atoms. The lowest BCUT2D eigenvalue weighted by atomic mass is 10.1. The highest BCUT2D eigenvalue weighted by molar-refractivity contribution is 7.89. The lowest BCUT2D eigenvalue weighted by Crippen LogP contribution is -2.34. The van der Waals surface area contributed by atoms with Crippen molar-refractivity contribution >= 4 is 15.7 Å². The Morgan fingerprint density at radius 1 is 1.10 bits per heavy atom. The van der Waals surface area contributed by atoms with E-state index in [-0.39, 0.29) is 10.9 Å². The van der Waals surface area contributed by atoms with Gasteiger partial charge in [0.15, 0.2) is 0 Å². The first-order chi connectivity index (χ1) is 9.90. The Hall–Kier alpha value is -1.85. The number of rotatable bonds is 5. The van der Waals surface area contributed by atoms with Gasteiger partial charge in [0.25, 0.3) is 0 Å². The van der Waals surface area contributed by atoms with Gasteiger partial charge in [-0.25, -0.2) is 13.1 Å². The molecule has 0 amide bonds. The number of sulfonamides is 1. The van der Waals surface area contributed by atoms with Crippen LogP contribution in [-0.4, -0.2) is 14.5 Å². The summed E-state index contributed by atoms with van der Waals surface area (Å²) in [5.74, 6) is 0. The van der Waals surface area contributed by atoms with Crippen molar-refractivity contribution in [3.8, 4) is 0 Å². The fourth-order valence-electron chi connectivity index (χ4n) is 2.26. The number of benzene rings is 2. The third-order valence-corrected chi connectivity index (χ3v) is 5.09. The van der Waals surface area contributed by atoms with E-state index in [1.807, 2.05) is 37.3 Å². The Balaban J connectivity index is 2.16. The Kier molecular flexibility index (Phi) is 4.65. The van der Waals surface area contributed by atoms with Crippen LogP contribution in [0.25, 0.3) is 0 Å². The topological polar surface area (TPSA) is 72.2 Å². The molecular formula is C16H20N2O2S. The molecule has 0 spiro atoms. The van der Waals surface area contributed by atoms with Gasteiger partial charge in [0, 0.05) is 11.7 Å². The van der Waals surface area contributed by atoms with E-state index in [1.54, 1.807) is 25.1 Å². The summed E-state index contributed by atoms with van der Waals surface area (Å²) in [6.45, 7) is 3.57. The second-order valence-electron chi connectivity index (χ2n) is 5.18. The lowest BCUT2D eigenvalue weighted by molar-refractivity contribution is 0.559. The van der Waals surface area contributed by atoms with Crippen molar-refractivity contribution in [2.45, 2.75) is 31.2 Å². The summed E-state index contributed by atoms with van der Waals surface area (Å²) in [7, 11) is -3.56. The van der Waals surface area contributed by atoms with Crippen molar-refractivity contribution in [2.24, 2.45) is 0 Å². The normalized spacial score (nSPS) is 13.0. The monoisotopic (exact) mass is 304 g/mol. The highest BCUT2D eigenvalue weighted by Gasteiger charge is 2.20. The summed E-state index contributed by atoms with van der Waals surface area (Å²) in [6.07, 6.45) is 0.640. The van der Waals surface area contributed by atoms with Crippen LogP contribution in [0.3, 0.4) is 0 Å². The van der Waals surface area contributed by atoms with E-state index in [9.17, 15) is 8.42 Å². The van der Waals surface area contributed by atoms with Crippen molar-refractivity contribution in [2.75, 3.05) is 5.73 Å². The molecular weight excluding hydrogens is 284 g/mol. The van der Waals surface area contributed by atoms with Crippen LogP contribution < -0.4 is 10.5 Å². The zero-order valence-corrected chi connectivity index (χ0v) is 13.0. The predicted molar refractivity (Wildman–Crippen MR) is 85.5 cm³/mol. The van der Waals surface area contributed by atoms with Gasteiger partial charge in [-0.3, -0.25) is 0 Å². The zero-order valence-electron chi connectivity index (χ0n) is 12.2. The summed E-state index contributed by atoms with van der Waals surface area (Å²) in [5, 5.41) is 0. The van der Waals surface area contributed by atoms with E-state index in [4.69, 9.17) is 5.73 Å². The van der Waals surface area contributed by atoms with Gasteiger partial charge in [-0.05, 0) is 43.5 Å². The van der Waals surface area contributed by atoms with E-state index in [1.165, 1.54) is 0 Å².